The number of pyridine rings is 1. The van der Waals surface area contributed by atoms with Crippen molar-refractivity contribution in [2.75, 3.05) is 25.7 Å². The van der Waals surface area contributed by atoms with Crippen LogP contribution in [0.3, 0.4) is 0 Å². The molecular formula is C32H38F4N4O4SSi. The third-order valence-corrected chi connectivity index (χ3v) is 9.91. The summed E-state index contributed by atoms with van der Waals surface area (Å²) in [7, 11) is -3.75. The van der Waals surface area contributed by atoms with E-state index in [9.17, 15) is 13.0 Å². The molecule has 2 aromatic carbocycles. The molecule has 2 aromatic heterocycles. The summed E-state index contributed by atoms with van der Waals surface area (Å²) in [5.41, 5.74) is 1.50. The van der Waals surface area contributed by atoms with E-state index in [0.717, 1.165) is 12.1 Å². The number of nitrogens with zero attached hydrogens (tertiary/aromatic N) is 4. The molecule has 14 heteroatoms. The van der Waals surface area contributed by atoms with E-state index in [2.05, 4.69) is 34.0 Å². The number of fused-ring (bicyclic) bond motifs is 1. The number of imidazole rings is 1. The quantitative estimate of drug-likeness (QED) is 0.0911. The van der Waals surface area contributed by atoms with Gasteiger partial charge in [-0.25, -0.2) is 18.0 Å². The minimum Gasteiger partial charge on any atom is -0.452 e. The van der Waals surface area contributed by atoms with Gasteiger partial charge in [0.15, 0.2) is 17.6 Å². The number of halogens is 4. The van der Waals surface area contributed by atoms with E-state index in [1.807, 2.05) is 0 Å². The third kappa shape index (κ3) is 7.62. The van der Waals surface area contributed by atoms with Crippen LogP contribution in [-0.4, -0.2) is 70.7 Å². The van der Waals surface area contributed by atoms with Crippen molar-refractivity contribution in [1.82, 2.24) is 14.5 Å². The van der Waals surface area contributed by atoms with E-state index in [1.165, 1.54) is 29.2 Å². The summed E-state index contributed by atoms with van der Waals surface area (Å²) in [6.45, 7) is 8.13. The van der Waals surface area contributed by atoms with Crippen LogP contribution in [0.2, 0.25) is 25.7 Å². The zero-order valence-electron chi connectivity index (χ0n) is 26.7. The minimum atomic E-state index is -3.27. The molecule has 0 amide bonds. The fourth-order valence-corrected chi connectivity index (χ4v) is 6.45. The molecule has 8 nitrogen and oxygen atoms in total. The van der Waals surface area contributed by atoms with Crippen molar-refractivity contribution in [2.24, 2.45) is 4.36 Å². The smallest absolute Gasteiger partial charge is 0.311 e. The van der Waals surface area contributed by atoms with E-state index in [0.29, 0.717) is 23.4 Å². The molecular weight excluding hydrogens is 641 g/mol. The number of ether oxygens (including phenoxy) is 3. The maximum atomic E-state index is 15.6. The van der Waals surface area contributed by atoms with Gasteiger partial charge in [0.1, 0.15) is 24.3 Å². The first kappa shape index (κ1) is 34.0. The van der Waals surface area contributed by atoms with Crippen molar-refractivity contribution in [2.45, 2.75) is 63.9 Å². The first-order chi connectivity index (χ1) is 21.6. The Hall–Kier alpha value is -3.33. The maximum Gasteiger partial charge on any atom is 0.311 e. The van der Waals surface area contributed by atoms with Gasteiger partial charge in [-0.05, 0) is 47.9 Å². The Morgan fingerprint density at radius 2 is 1.74 bits per heavy atom. The highest BCUT2D eigenvalue weighted by Gasteiger charge is 2.55. The predicted octanol–water partition coefficient (Wildman–Crippen LogP) is 7.91. The summed E-state index contributed by atoms with van der Waals surface area (Å²) in [5, 5.41) is 0. The van der Waals surface area contributed by atoms with Crippen LogP contribution in [0.4, 0.5) is 23.2 Å². The highest BCUT2D eigenvalue weighted by molar-refractivity contribution is 7.92. The highest BCUT2D eigenvalue weighted by atomic mass is 32.2. The highest BCUT2D eigenvalue weighted by Crippen LogP contribution is 2.37. The Morgan fingerprint density at radius 3 is 2.35 bits per heavy atom. The van der Waals surface area contributed by atoms with E-state index in [1.54, 1.807) is 37.3 Å². The van der Waals surface area contributed by atoms with Crippen molar-refractivity contribution >= 4 is 34.7 Å². The van der Waals surface area contributed by atoms with Gasteiger partial charge in [0.2, 0.25) is 0 Å². The number of benzene rings is 2. The van der Waals surface area contributed by atoms with Gasteiger partial charge in [-0.1, -0.05) is 44.8 Å². The van der Waals surface area contributed by atoms with Crippen LogP contribution in [0, 0.1) is 11.6 Å². The maximum absolute atomic E-state index is 15.6. The van der Waals surface area contributed by atoms with Crippen molar-refractivity contribution in [3.63, 3.8) is 0 Å². The Balaban J connectivity index is 1.48. The second-order valence-electron chi connectivity index (χ2n) is 12.9. The SMILES string of the molecule is CC[C@H]1OC[C@@H](Oc2nc3nc(-c4ccc(-c5ccc(N=S(C)(C)=O)cc5)cc4F)c(F)cc3n2COCC[Si](C)(C)C)C1(F)F. The third-order valence-electron chi connectivity index (χ3n) is 7.55. The summed E-state index contributed by atoms with van der Waals surface area (Å²) in [6.07, 6.45) is 0.262. The van der Waals surface area contributed by atoms with Crippen LogP contribution < -0.4 is 4.74 Å². The molecule has 0 aliphatic carbocycles. The van der Waals surface area contributed by atoms with Crippen LogP contribution in [0.15, 0.2) is 52.9 Å². The van der Waals surface area contributed by atoms with E-state index in [4.69, 9.17) is 14.2 Å². The Morgan fingerprint density at radius 1 is 1.04 bits per heavy atom. The molecule has 0 unspecified atom stereocenters. The Bertz CT molecular complexity index is 1850. The van der Waals surface area contributed by atoms with Crippen molar-refractivity contribution < 1.29 is 36.0 Å². The van der Waals surface area contributed by atoms with Gasteiger partial charge in [-0.2, -0.15) is 18.1 Å². The average molecular weight is 679 g/mol. The molecule has 0 saturated carbocycles. The van der Waals surface area contributed by atoms with Crippen LogP contribution in [0.1, 0.15) is 13.3 Å². The molecule has 248 valence electrons. The molecule has 0 N–H and O–H groups in total. The molecule has 0 radical (unpaired) electrons. The molecule has 1 fully saturated rings. The number of alkyl halides is 2. The number of aromatic nitrogens is 3. The summed E-state index contributed by atoms with van der Waals surface area (Å²) >= 11 is 0. The lowest BCUT2D eigenvalue weighted by Gasteiger charge is -2.22. The van der Waals surface area contributed by atoms with Crippen molar-refractivity contribution in [3.8, 4) is 28.4 Å². The predicted molar refractivity (Wildman–Crippen MR) is 174 cm³/mol. The molecule has 1 saturated heterocycles. The standard InChI is InChI=1S/C32H38F4N4O4SSi/c1-7-27-32(35,36)28(18-43-27)44-31-38-30-26(40(31)19-42-14-15-46(4,5)6)17-25(34)29(37-30)23-13-10-21(16-24(23)33)20-8-11-22(12-9-20)39-45(2,3)41/h8-13,16-17,27-28H,7,14-15,18-19H2,1-6H3/t27-,28-/m1/s1. The minimum absolute atomic E-state index is 0.0132. The van der Waals surface area contributed by atoms with E-state index < -0.39 is 47.6 Å². The lowest BCUT2D eigenvalue weighted by molar-refractivity contribution is -0.107. The summed E-state index contributed by atoms with van der Waals surface area (Å²) in [5.74, 6) is -4.82. The zero-order chi connectivity index (χ0) is 33.4. The first-order valence-corrected chi connectivity index (χ1v) is 21.0. The molecule has 0 spiro atoms. The Labute approximate surface area is 267 Å². The summed E-state index contributed by atoms with van der Waals surface area (Å²) in [4.78, 5) is 8.64. The van der Waals surface area contributed by atoms with Crippen LogP contribution >= 0.6 is 0 Å². The molecule has 1 aliphatic rings. The monoisotopic (exact) mass is 678 g/mol. The normalized spacial score (nSPS) is 18.3. The van der Waals surface area contributed by atoms with Gasteiger partial charge in [0.25, 0.3) is 0 Å². The average Bonchev–Trinajstić information content (AvgIpc) is 3.44. The molecule has 4 aromatic rings. The zero-order valence-corrected chi connectivity index (χ0v) is 28.5. The molecule has 3 heterocycles. The number of rotatable bonds is 11. The van der Waals surface area contributed by atoms with Gasteiger partial charge < -0.3 is 14.2 Å². The molecule has 1 aliphatic heterocycles. The lowest BCUT2D eigenvalue weighted by Crippen LogP contribution is -2.41. The second-order valence-corrected chi connectivity index (χ2v) is 21.0. The Kier molecular flexibility index (Phi) is 9.65. The van der Waals surface area contributed by atoms with Gasteiger partial charge >= 0.3 is 11.9 Å². The number of hydrogen-bond acceptors (Lipinski definition) is 7. The van der Waals surface area contributed by atoms with Gasteiger partial charge in [0.05, 0.1) is 17.8 Å². The first-order valence-electron chi connectivity index (χ1n) is 14.9. The van der Waals surface area contributed by atoms with Gasteiger partial charge in [-0.3, -0.25) is 4.57 Å². The molecule has 0 bridgehead atoms. The van der Waals surface area contributed by atoms with Crippen LogP contribution in [0.25, 0.3) is 33.5 Å². The fourth-order valence-electron chi connectivity index (χ4n) is 5.06. The number of hydrogen-bond donors (Lipinski definition) is 0. The molecule has 2 atom stereocenters. The molecule has 5 rings (SSSR count). The van der Waals surface area contributed by atoms with E-state index in [-0.39, 0.29) is 48.2 Å². The summed E-state index contributed by atoms with van der Waals surface area (Å²) < 4.78 is 95.3. The second kappa shape index (κ2) is 13.0. The summed E-state index contributed by atoms with van der Waals surface area (Å²) in [6, 6.07) is 12.9. The van der Waals surface area contributed by atoms with Crippen molar-refractivity contribution in [1.29, 1.82) is 0 Å². The topological polar surface area (TPSA) is 87.8 Å². The van der Waals surface area contributed by atoms with Gasteiger partial charge in [0, 0.05) is 48.6 Å². The van der Waals surface area contributed by atoms with Crippen LogP contribution in [-0.2, 0) is 25.9 Å². The van der Waals surface area contributed by atoms with Crippen molar-refractivity contribution in [3.05, 3.63) is 60.2 Å². The van der Waals surface area contributed by atoms with Crippen LogP contribution in [0.5, 0.6) is 6.01 Å². The molecule has 46 heavy (non-hydrogen) atoms. The largest absolute Gasteiger partial charge is 0.452 e. The van der Waals surface area contributed by atoms with Gasteiger partial charge in [-0.15, -0.1) is 0 Å². The van der Waals surface area contributed by atoms with E-state index >= 15 is 8.78 Å². The lowest BCUT2D eigenvalue weighted by atomic mass is 10.0. The fraction of sp³-hybridized carbons (Fsp3) is 0.438.